The molecule has 0 saturated heterocycles. The summed E-state index contributed by atoms with van der Waals surface area (Å²) in [5.41, 5.74) is 0. The lowest BCUT2D eigenvalue weighted by Crippen LogP contribution is -2.48. The van der Waals surface area contributed by atoms with Crippen LogP contribution in [0.5, 0.6) is 5.75 Å². The summed E-state index contributed by atoms with van der Waals surface area (Å²) in [6, 6.07) is 10.1. The molecule has 154 valence electrons. The highest BCUT2D eigenvalue weighted by molar-refractivity contribution is 14.0. The third kappa shape index (κ3) is 6.08. The fourth-order valence-electron chi connectivity index (χ4n) is 3.09. The van der Waals surface area contributed by atoms with Crippen LogP contribution in [-0.4, -0.2) is 46.5 Å². The smallest absolute Gasteiger partial charge is 0.191 e. The minimum absolute atomic E-state index is 0. The number of aliphatic imine (C=N–C) groups is 1. The zero-order valence-electron chi connectivity index (χ0n) is 17.1. The number of para-hydroxylation sites is 1. The van der Waals surface area contributed by atoms with Gasteiger partial charge in [-0.05, 0) is 25.5 Å². The summed E-state index contributed by atoms with van der Waals surface area (Å²) < 4.78 is 7.94. The van der Waals surface area contributed by atoms with Crippen molar-refractivity contribution in [3.8, 4) is 5.75 Å². The Hall–Kier alpha value is -1.84. The Morgan fingerprint density at radius 2 is 2.04 bits per heavy atom. The van der Waals surface area contributed by atoms with E-state index in [1.54, 1.807) is 7.05 Å². The van der Waals surface area contributed by atoms with E-state index in [9.17, 15) is 0 Å². The van der Waals surface area contributed by atoms with Gasteiger partial charge in [-0.1, -0.05) is 32.0 Å². The molecule has 1 aliphatic heterocycles. The van der Waals surface area contributed by atoms with Crippen molar-refractivity contribution in [2.45, 2.75) is 58.2 Å². The highest BCUT2D eigenvalue weighted by Gasteiger charge is 2.23. The van der Waals surface area contributed by atoms with E-state index >= 15 is 0 Å². The Morgan fingerprint density at radius 3 is 2.71 bits per heavy atom. The average Bonchev–Trinajstić information content (AvgIpc) is 3.09. The van der Waals surface area contributed by atoms with Gasteiger partial charge in [0.25, 0.3) is 0 Å². The zero-order chi connectivity index (χ0) is 19.2. The molecule has 7 nitrogen and oxygen atoms in total. The van der Waals surface area contributed by atoms with Gasteiger partial charge in [-0.3, -0.25) is 4.99 Å². The van der Waals surface area contributed by atoms with Crippen molar-refractivity contribution in [3.63, 3.8) is 0 Å². The molecule has 2 N–H and O–H groups in total. The highest BCUT2D eigenvalue weighted by atomic mass is 127. The zero-order valence-corrected chi connectivity index (χ0v) is 19.4. The van der Waals surface area contributed by atoms with Crippen LogP contribution in [0.25, 0.3) is 0 Å². The Bertz CT molecular complexity index is 761. The van der Waals surface area contributed by atoms with E-state index in [1.807, 2.05) is 41.9 Å². The van der Waals surface area contributed by atoms with Gasteiger partial charge in [0, 0.05) is 25.4 Å². The molecule has 1 aromatic carbocycles. The van der Waals surface area contributed by atoms with Gasteiger partial charge in [0.2, 0.25) is 0 Å². The molecule has 0 aliphatic carbocycles. The number of ether oxygens (including phenoxy) is 1. The number of aryl methyl sites for hydroxylation is 1. The molecule has 8 heteroatoms. The minimum Gasteiger partial charge on any atom is -0.489 e. The van der Waals surface area contributed by atoms with Crippen molar-refractivity contribution >= 4 is 29.9 Å². The van der Waals surface area contributed by atoms with Crippen LogP contribution in [0.15, 0.2) is 35.3 Å². The fraction of sp³-hybridized carbons (Fsp3) is 0.550. The lowest BCUT2D eigenvalue weighted by Gasteiger charge is -2.26. The molecule has 3 rings (SSSR count). The van der Waals surface area contributed by atoms with Gasteiger partial charge in [-0.15, -0.1) is 24.0 Å². The second-order valence-corrected chi connectivity index (χ2v) is 7.30. The monoisotopic (exact) mass is 498 g/mol. The van der Waals surface area contributed by atoms with Crippen LogP contribution >= 0.6 is 24.0 Å². The minimum atomic E-state index is 0. The van der Waals surface area contributed by atoms with Crippen molar-refractivity contribution in [3.05, 3.63) is 42.0 Å². The van der Waals surface area contributed by atoms with Gasteiger partial charge in [0.1, 0.15) is 17.7 Å². The molecule has 0 bridgehead atoms. The van der Waals surface area contributed by atoms with Gasteiger partial charge in [-0.25, -0.2) is 9.67 Å². The Labute approximate surface area is 184 Å². The Balaban J connectivity index is 0.00000280. The summed E-state index contributed by atoms with van der Waals surface area (Å²) in [5.74, 6) is 4.04. The van der Waals surface area contributed by atoms with Gasteiger partial charge in [0.15, 0.2) is 11.8 Å². The van der Waals surface area contributed by atoms with Gasteiger partial charge >= 0.3 is 0 Å². The SMILES string of the molecule is CN=C(NCC(C)Oc1ccccc1)NC1CCc2nc(C(C)C)nn2C1.I. The van der Waals surface area contributed by atoms with Crippen LogP contribution in [0.1, 0.15) is 44.8 Å². The van der Waals surface area contributed by atoms with Crippen LogP contribution in [0.3, 0.4) is 0 Å². The van der Waals surface area contributed by atoms with Crippen molar-refractivity contribution < 1.29 is 4.74 Å². The predicted octanol–water partition coefficient (Wildman–Crippen LogP) is 2.97. The second kappa shape index (κ2) is 10.6. The lowest BCUT2D eigenvalue weighted by atomic mass is 10.1. The molecule has 2 unspecified atom stereocenters. The summed E-state index contributed by atoms with van der Waals surface area (Å²) in [6.07, 6.45) is 1.99. The van der Waals surface area contributed by atoms with E-state index in [0.717, 1.165) is 42.7 Å². The molecule has 28 heavy (non-hydrogen) atoms. The molecule has 0 amide bonds. The van der Waals surface area contributed by atoms with Crippen LogP contribution < -0.4 is 15.4 Å². The molecule has 2 aromatic rings. The van der Waals surface area contributed by atoms with E-state index in [0.29, 0.717) is 12.5 Å². The molecule has 2 heterocycles. The molecule has 0 saturated carbocycles. The number of hydrogen-bond acceptors (Lipinski definition) is 4. The Kier molecular flexibility index (Phi) is 8.53. The number of guanidine groups is 1. The molecule has 0 spiro atoms. The number of rotatable bonds is 6. The third-order valence-electron chi connectivity index (χ3n) is 4.59. The summed E-state index contributed by atoms with van der Waals surface area (Å²) in [6.45, 7) is 7.78. The maximum absolute atomic E-state index is 5.90. The first-order valence-electron chi connectivity index (χ1n) is 9.67. The molecule has 1 aromatic heterocycles. The number of benzene rings is 1. The second-order valence-electron chi connectivity index (χ2n) is 7.30. The molecular weight excluding hydrogens is 467 g/mol. The van der Waals surface area contributed by atoms with Crippen molar-refractivity contribution in [2.75, 3.05) is 13.6 Å². The standard InChI is InChI=1S/C20H30N6O.HI/c1-14(2)19-24-18-11-10-16(13-26(18)25-19)23-20(21-4)22-12-15(3)27-17-8-6-5-7-9-17;/h5-9,14-16H,10-13H2,1-4H3,(H2,21,22,23);1H. The van der Waals surface area contributed by atoms with Gasteiger partial charge in [-0.2, -0.15) is 5.10 Å². The lowest BCUT2D eigenvalue weighted by molar-refractivity contribution is 0.223. The first-order valence-corrected chi connectivity index (χ1v) is 9.67. The average molecular weight is 498 g/mol. The Morgan fingerprint density at radius 1 is 1.29 bits per heavy atom. The largest absolute Gasteiger partial charge is 0.489 e. The van der Waals surface area contributed by atoms with E-state index < -0.39 is 0 Å². The summed E-state index contributed by atoms with van der Waals surface area (Å²) in [5, 5.41) is 11.5. The number of nitrogens with one attached hydrogen (secondary N) is 2. The summed E-state index contributed by atoms with van der Waals surface area (Å²) >= 11 is 0. The highest BCUT2D eigenvalue weighted by Crippen LogP contribution is 2.17. The maximum atomic E-state index is 5.90. The van der Waals surface area contributed by atoms with Crippen molar-refractivity contribution in [1.82, 2.24) is 25.4 Å². The van der Waals surface area contributed by atoms with Crippen molar-refractivity contribution in [2.24, 2.45) is 4.99 Å². The number of hydrogen-bond donors (Lipinski definition) is 2. The quantitative estimate of drug-likeness (QED) is 0.364. The molecule has 0 fully saturated rings. The molecule has 1 aliphatic rings. The maximum Gasteiger partial charge on any atom is 0.191 e. The number of aromatic nitrogens is 3. The fourth-order valence-corrected chi connectivity index (χ4v) is 3.09. The van der Waals surface area contributed by atoms with E-state index in [4.69, 9.17) is 4.74 Å². The molecular formula is C20H31IN6O. The summed E-state index contributed by atoms with van der Waals surface area (Å²) in [7, 11) is 1.79. The predicted molar refractivity (Wildman–Crippen MR) is 123 cm³/mol. The normalized spacial score (nSPS) is 17.5. The van der Waals surface area contributed by atoms with Crippen LogP contribution in [0, 0.1) is 0 Å². The first kappa shape index (κ1) is 22.4. The van der Waals surface area contributed by atoms with Gasteiger partial charge in [0.05, 0.1) is 13.1 Å². The molecule has 2 atom stereocenters. The topological polar surface area (TPSA) is 76.4 Å². The van der Waals surface area contributed by atoms with E-state index in [2.05, 4.69) is 39.6 Å². The summed E-state index contributed by atoms with van der Waals surface area (Å²) in [4.78, 5) is 8.99. The van der Waals surface area contributed by atoms with Crippen LogP contribution in [0.4, 0.5) is 0 Å². The van der Waals surface area contributed by atoms with E-state index in [-0.39, 0.29) is 36.1 Å². The molecule has 0 radical (unpaired) electrons. The van der Waals surface area contributed by atoms with Gasteiger partial charge < -0.3 is 15.4 Å². The number of halogens is 1. The first-order chi connectivity index (χ1) is 13.0. The van der Waals surface area contributed by atoms with Crippen LogP contribution in [-0.2, 0) is 13.0 Å². The third-order valence-corrected chi connectivity index (χ3v) is 4.59. The van der Waals surface area contributed by atoms with E-state index in [1.165, 1.54) is 0 Å². The number of nitrogens with zero attached hydrogens (tertiary/aromatic N) is 4. The van der Waals surface area contributed by atoms with Crippen LogP contribution in [0.2, 0.25) is 0 Å². The number of fused-ring (bicyclic) bond motifs is 1. The van der Waals surface area contributed by atoms with Crippen molar-refractivity contribution in [1.29, 1.82) is 0 Å².